The van der Waals surface area contributed by atoms with Gasteiger partial charge in [-0.1, -0.05) is 23.7 Å². The Morgan fingerprint density at radius 3 is 2.54 bits per heavy atom. The highest BCUT2D eigenvalue weighted by Gasteiger charge is 2.23. The van der Waals surface area contributed by atoms with E-state index in [1.54, 1.807) is 25.3 Å². The van der Waals surface area contributed by atoms with Gasteiger partial charge in [-0.2, -0.15) is 0 Å². The van der Waals surface area contributed by atoms with Gasteiger partial charge in [-0.3, -0.25) is 4.79 Å². The van der Waals surface area contributed by atoms with Crippen molar-refractivity contribution in [1.29, 1.82) is 0 Å². The van der Waals surface area contributed by atoms with Crippen molar-refractivity contribution in [3.8, 4) is 5.75 Å². The fourth-order valence-electron chi connectivity index (χ4n) is 3.07. The molecule has 0 bridgehead atoms. The molecular weight excluding hydrogens is 380 g/mol. The van der Waals surface area contributed by atoms with E-state index in [9.17, 15) is 4.79 Å². The fraction of sp³-hybridized carbons (Fsp3) is 0.250. The van der Waals surface area contributed by atoms with Crippen LogP contribution in [0.15, 0.2) is 42.5 Å². The summed E-state index contributed by atoms with van der Waals surface area (Å²) < 4.78 is 10.6. The lowest BCUT2D eigenvalue weighted by molar-refractivity contribution is 0.102. The Morgan fingerprint density at radius 1 is 1.14 bits per heavy atom. The number of nitrogens with one attached hydrogen (secondary N) is 1. The first-order chi connectivity index (χ1) is 13.7. The van der Waals surface area contributed by atoms with Crippen LogP contribution < -0.4 is 15.0 Å². The maximum Gasteiger partial charge on any atom is 0.278 e. The first-order valence-corrected chi connectivity index (χ1v) is 9.28. The minimum Gasteiger partial charge on any atom is -0.495 e. The van der Waals surface area contributed by atoms with Gasteiger partial charge >= 0.3 is 0 Å². The van der Waals surface area contributed by atoms with Gasteiger partial charge < -0.3 is 19.7 Å². The summed E-state index contributed by atoms with van der Waals surface area (Å²) in [6.45, 7) is 2.48. The van der Waals surface area contributed by atoms with Crippen molar-refractivity contribution in [3.63, 3.8) is 0 Å². The summed E-state index contributed by atoms with van der Waals surface area (Å²) in [5.41, 5.74) is 2.23. The third-order valence-electron chi connectivity index (χ3n) is 4.49. The Morgan fingerprint density at radius 2 is 1.86 bits per heavy atom. The van der Waals surface area contributed by atoms with E-state index >= 15 is 0 Å². The zero-order chi connectivity index (χ0) is 19.5. The van der Waals surface area contributed by atoms with Crippen LogP contribution in [-0.4, -0.2) is 49.3 Å². The monoisotopic (exact) mass is 398 g/mol. The molecule has 28 heavy (non-hydrogen) atoms. The van der Waals surface area contributed by atoms with Crippen LogP contribution in [0, 0.1) is 0 Å². The molecule has 144 valence electrons. The van der Waals surface area contributed by atoms with E-state index in [0.29, 0.717) is 54.1 Å². The summed E-state index contributed by atoms with van der Waals surface area (Å²) in [6.07, 6.45) is 0. The van der Waals surface area contributed by atoms with E-state index in [-0.39, 0.29) is 11.6 Å². The van der Waals surface area contributed by atoms with Gasteiger partial charge in [0.05, 0.1) is 36.4 Å². The number of benzene rings is 2. The maximum absolute atomic E-state index is 13.0. The summed E-state index contributed by atoms with van der Waals surface area (Å²) in [4.78, 5) is 24.4. The Balaban J connectivity index is 1.71. The number of amides is 1. The number of fused-ring (bicyclic) bond motifs is 1. The summed E-state index contributed by atoms with van der Waals surface area (Å²) in [5, 5.41) is 3.27. The van der Waals surface area contributed by atoms with Gasteiger partial charge in [-0.15, -0.1) is 0 Å². The number of halogens is 1. The molecule has 2 aromatic carbocycles. The maximum atomic E-state index is 13.0. The van der Waals surface area contributed by atoms with E-state index in [1.165, 1.54) is 0 Å². The van der Waals surface area contributed by atoms with Crippen molar-refractivity contribution < 1.29 is 14.3 Å². The van der Waals surface area contributed by atoms with Crippen LogP contribution in [0.25, 0.3) is 11.0 Å². The molecule has 8 heteroatoms. The average molecular weight is 399 g/mol. The molecule has 1 aromatic heterocycles. The fourth-order valence-corrected chi connectivity index (χ4v) is 3.33. The number of ether oxygens (including phenoxy) is 2. The quantitative estimate of drug-likeness (QED) is 0.726. The third kappa shape index (κ3) is 3.72. The lowest BCUT2D eigenvalue weighted by Crippen LogP contribution is -2.38. The SMILES string of the molecule is COc1ccc(NC(=O)c2nc3ccccc3nc2N2CCOCC2)cc1Cl. The topological polar surface area (TPSA) is 76.6 Å². The van der Waals surface area contributed by atoms with E-state index < -0.39 is 0 Å². The lowest BCUT2D eigenvalue weighted by atomic mass is 10.2. The largest absolute Gasteiger partial charge is 0.495 e. The number of anilines is 2. The van der Waals surface area contributed by atoms with E-state index in [2.05, 4.69) is 10.3 Å². The second-order valence-corrected chi connectivity index (χ2v) is 6.69. The first kappa shape index (κ1) is 18.5. The van der Waals surface area contributed by atoms with E-state index in [0.717, 1.165) is 5.52 Å². The Labute approximate surface area is 167 Å². The molecule has 1 aliphatic heterocycles. The number of hydrogen-bond donors (Lipinski definition) is 1. The van der Waals surface area contributed by atoms with Crippen LogP contribution >= 0.6 is 11.6 Å². The predicted molar refractivity (Wildman–Crippen MR) is 109 cm³/mol. The number of aromatic nitrogens is 2. The van der Waals surface area contributed by atoms with Gasteiger partial charge in [-0.25, -0.2) is 9.97 Å². The molecule has 1 N–H and O–H groups in total. The number of carbonyl (C=O) groups is 1. The lowest BCUT2D eigenvalue weighted by Gasteiger charge is -2.29. The van der Waals surface area contributed by atoms with Gasteiger partial charge in [0.2, 0.25) is 0 Å². The number of carbonyl (C=O) groups excluding carboxylic acids is 1. The molecule has 4 rings (SSSR count). The van der Waals surface area contributed by atoms with Crippen LogP contribution in [0.4, 0.5) is 11.5 Å². The number of methoxy groups -OCH3 is 1. The highest BCUT2D eigenvalue weighted by molar-refractivity contribution is 6.32. The molecule has 0 aliphatic carbocycles. The number of nitrogens with zero attached hydrogens (tertiary/aromatic N) is 3. The summed E-state index contributed by atoms with van der Waals surface area (Å²) >= 11 is 6.16. The molecule has 1 amide bonds. The van der Waals surface area contributed by atoms with Crippen molar-refractivity contribution in [1.82, 2.24) is 9.97 Å². The first-order valence-electron chi connectivity index (χ1n) is 8.90. The second-order valence-electron chi connectivity index (χ2n) is 6.29. The molecule has 0 atom stereocenters. The van der Waals surface area contributed by atoms with Crippen LogP contribution in [0.5, 0.6) is 5.75 Å². The number of para-hydroxylation sites is 2. The average Bonchev–Trinajstić information content (AvgIpc) is 2.73. The standard InChI is InChI=1S/C20H19ClN4O3/c1-27-17-7-6-13(12-14(17)21)22-20(26)18-19(25-8-10-28-11-9-25)24-16-5-3-2-4-15(16)23-18/h2-7,12H,8-11H2,1H3,(H,22,26). The third-order valence-corrected chi connectivity index (χ3v) is 4.78. The van der Waals surface area contributed by atoms with E-state index in [4.69, 9.17) is 26.1 Å². The molecular formula is C20H19ClN4O3. The highest BCUT2D eigenvalue weighted by atomic mass is 35.5. The van der Waals surface area contributed by atoms with Crippen molar-refractivity contribution in [2.24, 2.45) is 0 Å². The van der Waals surface area contributed by atoms with Crippen molar-refractivity contribution >= 4 is 40.0 Å². The van der Waals surface area contributed by atoms with Gasteiger partial charge in [0, 0.05) is 18.8 Å². The number of morpholine rings is 1. The number of rotatable bonds is 4. The number of hydrogen-bond acceptors (Lipinski definition) is 6. The molecule has 0 spiro atoms. The van der Waals surface area contributed by atoms with Gasteiger partial charge in [-0.05, 0) is 30.3 Å². The normalized spacial score (nSPS) is 14.1. The Hall–Kier alpha value is -2.90. The van der Waals surface area contributed by atoms with Crippen molar-refractivity contribution in [3.05, 3.63) is 53.2 Å². The molecule has 1 aliphatic rings. The van der Waals surface area contributed by atoms with Gasteiger partial charge in [0.15, 0.2) is 11.5 Å². The molecule has 1 fully saturated rings. The molecule has 0 saturated carbocycles. The van der Waals surface area contributed by atoms with Gasteiger partial charge in [0.25, 0.3) is 5.91 Å². The summed E-state index contributed by atoms with van der Waals surface area (Å²) in [6, 6.07) is 12.6. The molecule has 2 heterocycles. The summed E-state index contributed by atoms with van der Waals surface area (Å²) in [5.74, 6) is 0.749. The van der Waals surface area contributed by atoms with Crippen LogP contribution in [0.3, 0.4) is 0 Å². The minimum absolute atomic E-state index is 0.271. The zero-order valence-electron chi connectivity index (χ0n) is 15.3. The molecule has 1 saturated heterocycles. The van der Waals surface area contributed by atoms with Gasteiger partial charge in [0.1, 0.15) is 5.75 Å². The van der Waals surface area contributed by atoms with Crippen molar-refractivity contribution in [2.75, 3.05) is 43.6 Å². The van der Waals surface area contributed by atoms with Crippen molar-refractivity contribution in [2.45, 2.75) is 0 Å². The van der Waals surface area contributed by atoms with E-state index in [1.807, 2.05) is 29.2 Å². The van der Waals surface area contributed by atoms with Crippen LogP contribution in [0.1, 0.15) is 10.5 Å². The molecule has 3 aromatic rings. The van der Waals surface area contributed by atoms with Crippen LogP contribution in [-0.2, 0) is 4.74 Å². The molecule has 0 radical (unpaired) electrons. The minimum atomic E-state index is -0.346. The highest BCUT2D eigenvalue weighted by Crippen LogP contribution is 2.28. The predicted octanol–water partition coefficient (Wildman–Crippen LogP) is 3.38. The Bertz CT molecular complexity index is 1020. The Kier molecular flexibility index (Phi) is 5.27. The van der Waals surface area contributed by atoms with Crippen LogP contribution in [0.2, 0.25) is 5.02 Å². The second kappa shape index (κ2) is 8.00. The summed E-state index contributed by atoms with van der Waals surface area (Å²) in [7, 11) is 1.54. The molecule has 0 unspecified atom stereocenters. The molecule has 7 nitrogen and oxygen atoms in total. The smallest absolute Gasteiger partial charge is 0.278 e. The zero-order valence-corrected chi connectivity index (χ0v) is 16.1.